The quantitative estimate of drug-likeness (QED) is 0.564. The molecule has 0 radical (unpaired) electrons. The number of aryl methyl sites for hydroxylation is 1. The van der Waals surface area contributed by atoms with Gasteiger partial charge in [0.2, 0.25) is 0 Å². The zero-order valence-corrected chi connectivity index (χ0v) is 16.5. The Morgan fingerprint density at radius 3 is 2.45 bits per heavy atom. The molecular formula is C22H27F3N4. The van der Waals surface area contributed by atoms with Crippen molar-refractivity contribution in [3.8, 4) is 0 Å². The lowest BCUT2D eigenvalue weighted by Crippen LogP contribution is -2.33. The van der Waals surface area contributed by atoms with E-state index >= 15 is 0 Å². The van der Waals surface area contributed by atoms with Crippen molar-refractivity contribution < 1.29 is 13.2 Å². The third-order valence-electron chi connectivity index (χ3n) is 5.55. The molecule has 0 N–H and O–H groups in total. The number of halogens is 3. The van der Waals surface area contributed by atoms with Crippen LogP contribution in [0.5, 0.6) is 0 Å². The zero-order valence-electron chi connectivity index (χ0n) is 16.5. The van der Waals surface area contributed by atoms with Crippen molar-refractivity contribution >= 4 is 12.2 Å². The number of hydrogen-bond acceptors (Lipinski definition) is 3. The van der Waals surface area contributed by atoms with Gasteiger partial charge in [-0.1, -0.05) is 36.6 Å². The first-order chi connectivity index (χ1) is 13.9. The second-order valence-electron chi connectivity index (χ2n) is 7.44. The molecule has 4 nitrogen and oxygen atoms in total. The number of likely N-dealkylation sites (tertiary alicyclic amines) is 1. The molecule has 0 spiro atoms. The van der Waals surface area contributed by atoms with Crippen LogP contribution in [0, 0.1) is 0 Å². The van der Waals surface area contributed by atoms with Crippen LogP contribution < -0.4 is 0 Å². The number of alkyl halides is 3. The van der Waals surface area contributed by atoms with E-state index in [2.05, 4.69) is 28.4 Å². The van der Waals surface area contributed by atoms with Crippen LogP contribution in [0.2, 0.25) is 0 Å². The van der Waals surface area contributed by atoms with E-state index in [9.17, 15) is 13.2 Å². The van der Waals surface area contributed by atoms with Gasteiger partial charge < -0.3 is 4.90 Å². The van der Waals surface area contributed by atoms with Crippen LogP contribution in [0.1, 0.15) is 54.1 Å². The van der Waals surface area contributed by atoms with E-state index < -0.39 is 11.7 Å². The average Bonchev–Trinajstić information content (AvgIpc) is 3.13. The highest BCUT2D eigenvalue weighted by Gasteiger charge is 2.31. The summed E-state index contributed by atoms with van der Waals surface area (Å²) >= 11 is 0. The van der Waals surface area contributed by atoms with E-state index in [0.29, 0.717) is 0 Å². The Kier molecular flexibility index (Phi) is 6.90. The molecule has 1 aromatic carbocycles. The van der Waals surface area contributed by atoms with Gasteiger partial charge in [0, 0.05) is 6.54 Å². The van der Waals surface area contributed by atoms with Gasteiger partial charge in [-0.3, -0.25) is 0 Å². The molecule has 1 aromatic heterocycles. The second kappa shape index (κ2) is 9.39. The highest BCUT2D eigenvalue weighted by molar-refractivity contribution is 5.56. The monoisotopic (exact) mass is 404 g/mol. The fourth-order valence-electron chi connectivity index (χ4n) is 3.91. The summed E-state index contributed by atoms with van der Waals surface area (Å²) in [6.45, 7) is 11.1. The van der Waals surface area contributed by atoms with Crippen molar-refractivity contribution in [1.82, 2.24) is 19.9 Å². The van der Waals surface area contributed by atoms with Crippen LogP contribution >= 0.6 is 0 Å². The fraction of sp³-hybridized carbons (Fsp3) is 0.455. The number of hydrogen-bond donors (Lipinski definition) is 0. The lowest BCUT2D eigenvalue weighted by atomic mass is 9.88. The lowest BCUT2D eigenvalue weighted by Gasteiger charge is -2.32. The molecule has 0 aliphatic carbocycles. The van der Waals surface area contributed by atoms with Gasteiger partial charge in [0.15, 0.2) is 0 Å². The van der Waals surface area contributed by atoms with E-state index in [4.69, 9.17) is 0 Å². The molecule has 7 heteroatoms. The van der Waals surface area contributed by atoms with Crippen molar-refractivity contribution in [2.24, 2.45) is 0 Å². The first-order valence-electron chi connectivity index (χ1n) is 10.00. The first kappa shape index (κ1) is 21.3. The maximum Gasteiger partial charge on any atom is 0.416 e. The van der Waals surface area contributed by atoms with Gasteiger partial charge in [-0.15, -0.1) is 5.10 Å². The van der Waals surface area contributed by atoms with Crippen LogP contribution in [-0.4, -0.2) is 39.5 Å². The molecule has 3 rings (SSSR count). The molecule has 0 atom stereocenters. The molecule has 156 valence electrons. The molecule has 0 saturated carbocycles. The smallest absolute Gasteiger partial charge is 0.303 e. The molecule has 1 saturated heterocycles. The predicted octanol–water partition coefficient (Wildman–Crippen LogP) is 5.24. The minimum absolute atomic E-state index is 0.205. The van der Waals surface area contributed by atoms with Gasteiger partial charge in [-0.2, -0.15) is 13.2 Å². The Morgan fingerprint density at radius 1 is 1.07 bits per heavy atom. The SMILES string of the molecule is C=Cc1nnn(CCCCN2CCC(c3cccc(C(F)(F)F)c3)CC2)c1C=C. The van der Waals surface area contributed by atoms with Gasteiger partial charge in [0.1, 0.15) is 5.69 Å². The number of unbranched alkanes of at least 4 members (excludes halogenated alkanes) is 1. The third-order valence-corrected chi connectivity index (χ3v) is 5.55. The van der Waals surface area contributed by atoms with E-state index in [1.54, 1.807) is 12.2 Å². The minimum Gasteiger partial charge on any atom is -0.303 e. The summed E-state index contributed by atoms with van der Waals surface area (Å²) in [7, 11) is 0. The molecule has 2 heterocycles. The normalized spacial score (nSPS) is 16.1. The van der Waals surface area contributed by atoms with Gasteiger partial charge in [0.25, 0.3) is 0 Å². The summed E-state index contributed by atoms with van der Waals surface area (Å²) in [6, 6.07) is 5.79. The Labute approximate surface area is 169 Å². The molecule has 0 bridgehead atoms. The molecule has 1 aliphatic rings. The Morgan fingerprint density at radius 2 is 1.79 bits per heavy atom. The van der Waals surface area contributed by atoms with E-state index in [1.807, 2.05) is 10.7 Å². The summed E-state index contributed by atoms with van der Waals surface area (Å²) in [6.07, 6.45) is 2.95. The van der Waals surface area contributed by atoms with Crippen LogP contribution in [0.25, 0.3) is 12.2 Å². The zero-order chi connectivity index (χ0) is 20.9. The highest BCUT2D eigenvalue weighted by Crippen LogP contribution is 2.34. The Balaban J connectivity index is 1.43. The Hall–Kier alpha value is -2.41. The largest absolute Gasteiger partial charge is 0.416 e. The molecule has 29 heavy (non-hydrogen) atoms. The van der Waals surface area contributed by atoms with Gasteiger partial charge in [-0.05, 0) is 75.0 Å². The average molecular weight is 404 g/mol. The number of piperidine rings is 1. The van der Waals surface area contributed by atoms with Gasteiger partial charge >= 0.3 is 6.18 Å². The third kappa shape index (κ3) is 5.35. The number of rotatable bonds is 8. The van der Waals surface area contributed by atoms with Crippen molar-refractivity contribution in [3.05, 3.63) is 59.9 Å². The molecule has 2 aromatic rings. The van der Waals surface area contributed by atoms with Crippen molar-refractivity contribution in [3.63, 3.8) is 0 Å². The van der Waals surface area contributed by atoms with Crippen LogP contribution in [0.3, 0.4) is 0 Å². The van der Waals surface area contributed by atoms with Gasteiger partial charge in [-0.25, -0.2) is 4.68 Å². The summed E-state index contributed by atoms with van der Waals surface area (Å²) in [5.41, 5.74) is 1.89. The fourth-order valence-corrected chi connectivity index (χ4v) is 3.91. The van der Waals surface area contributed by atoms with Gasteiger partial charge in [0.05, 0.1) is 11.3 Å². The molecule has 0 amide bonds. The molecule has 0 unspecified atom stereocenters. The second-order valence-corrected chi connectivity index (χ2v) is 7.44. The predicted molar refractivity (Wildman–Crippen MR) is 109 cm³/mol. The number of benzene rings is 1. The summed E-state index contributed by atoms with van der Waals surface area (Å²) in [5, 5.41) is 8.22. The van der Waals surface area contributed by atoms with E-state index in [-0.39, 0.29) is 5.92 Å². The Bertz CT molecular complexity index is 833. The van der Waals surface area contributed by atoms with Crippen LogP contribution in [0.4, 0.5) is 13.2 Å². The van der Waals surface area contributed by atoms with Crippen molar-refractivity contribution in [1.29, 1.82) is 0 Å². The molecular weight excluding hydrogens is 377 g/mol. The molecule has 1 fully saturated rings. The molecule has 1 aliphatic heterocycles. The van der Waals surface area contributed by atoms with E-state index in [0.717, 1.165) is 74.9 Å². The van der Waals surface area contributed by atoms with Crippen LogP contribution in [-0.2, 0) is 12.7 Å². The topological polar surface area (TPSA) is 34.0 Å². The van der Waals surface area contributed by atoms with E-state index in [1.165, 1.54) is 12.1 Å². The lowest BCUT2D eigenvalue weighted by molar-refractivity contribution is -0.137. The number of aromatic nitrogens is 3. The van der Waals surface area contributed by atoms with Crippen LogP contribution in [0.15, 0.2) is 37.4 Å². The maximum atomic E-state index is 12.9. The summed E-state index contributed by atoms with van der Waals surface area (Å²) < 4.78 is 40.7. The summed E-state index contributed by atoms with van der Waals surface area (Å²) in [4.78, 5) is 2.40. The summed E-state index contributed by atoms with van der Waals surface area (Å²) in [5.74, 6) is 0.205. The van der Waals surface area contributed by atoms with Crippen molar-refractivity contribution in [2.75, 3.05) is 19.6 Å². The first-order valence-corrected chi connectivity index (χ1v) is 10.00. The maximum absolute atomic E-state index is 12.9. The highest BCUT2D eigenvalue weighted by atomic mass is 19.4. The number of nitrogens with zero attached hydrogens (tertiary/aromatic N) is 4. The minimum atomic E-state index is -4.28. The van der Waals surface area contributed by atoms with Crippen molar-refractivity contribution in [2.45, 2.75) is 44.3 Å². The standard InChI is InChI=1S/C22H27F3N4/c1-3-20-21(4-2)29(27-26-20)13-6-5-12-28-14-10-17(11-15-28)18-8-7-9-19(16-18)22(23,24)25/h3-4,7-9,16-17H,1-2,5-6,10-15H2.